The molecule has 2 aromatic rings. The van der Waals surface area contributed by atoms with Gasteiger partial charge in [-0.25, -0.2) is 23.1 Å². The van der Waals surface area contributed by atoms with Gasteiger partial charge in [-0.15, -0.1) is 0 Å². The first kappa shape index (κ1) is 19.7. The van der Waals surface area contributed by atoms with Crippen molar-refractivity contribution >= 4 is 33.7 Å². The molecule has 0 fully saturated rings. The maximum absolute atomic E-state index is 12.4. The van der Waals surface area contributed by atoms with E-state index in [0.29, 0.717) is 24.2 Å². The second-order valence-corrected chi connectivity index (χ2v) is 8.36. The molecule has 3 rings (SSSR count). The van der Waals surface area contributed by atoms with Gasteiger partial charge in [0.25, 0.3) is 10.0 Å². The Balaban J connectivity index is 1.76. The molecule has 0 radical (unpaired) electrons. The molecule has 28 heavy (non-hydrogen) atoms. The van der Waals surface area contributed by atoms with E-state index in [4.69, 9.17) is 0 Å². The number of aliphatic hydroxyl groups is 1. The van der Waals surface area contributed by atoms with E-state index in [1.165, 1.54) is 36.7 Å². The number of aromatic nitrogens is 2. The summed E-state index contributed by atoms with van der Waals surface area (Å²) in [6, 6.07) is 7.47. The maximum atomic E-state index is 12.4. The van der Waals surface area contributed by atoms with Gasteiger partial charge in [-0.3, -0.25) is 9.79 Å². The number of aliphatic hydroxyl groups excluding tert-OH is 1. The van der Waals surface area contributed by atoms with Crippen LogP contribution in [-0.4, -0.2) is 35.5 Å². The minimum Gasteiger partial charge on any atom is -0.511 e. The second-order valence-electron chi connectivity index (χ2n) is 6.68. The van der Waals surface area contributed by atoms with Crippen molar-refractivity contribution in [3.05, 3.63) is 53.6 Å². The molecule has 9 heteroatoms. The van der Waals surface area contributed by atoms with E-state index in [9.17, 15) is 18.3 Å². The van der Waals surface area contributed by atoms with E-state index in [-0.39, 0.29) is 33.9 Å². The normalized spacial score (nSPS) is 17.9. The van der Waals surface area contributed by atoms with Gasteiger partial charge in [0.15, 0.2) is 5.78 Å². The van der Waals surface area contributed by atoms with Gasteiger partial charge in [-0.05, 0) is 43.2 Å². The fraction of sp³-hybridized carbons (Fsp3) is 0.263. The topological polar surface area (TPSA) is 122 Å². The number of anilines is 1. The number of carbonyl (C=O) groups excluding carboxylic acids is 1. The summed E-state index contributed by atoms with van der Waals surface area (Å²) in [6.07, 6.45) is 3.60. The van der Waals surface area contributed by atoms with Crippen LogP contribution in [0.2, 0.25) is 0 Å². The van der Waals surface area contributed by atoms with Crippen molar-refractivity contribution in [2.75, 3.05) is 4.72 Å². The quantitative estimate of drug-likeness (QED) is 0.744. The van der Waals surface area contributed by atoms with E-state index in [2.05, 4.69) is 19.7 Å². The van der Waals surface area contributed by atoms with Crippen molar-refractivity contribution in [3.63, 3.8) is 0 Å². The Labute approximate surface area is 163 Å². The summed E-state index contributed by atoms with van der Waals surface area (Å²) in [4.78, 5) is 24.1. The number of hydrogen-bond acceptors (Lipinski definition) is 7. The van der Waals surface area contributed by atoms with Crippen LogP contribution >= 0.6 is 0 Å². The number of benzene rings is 1. The Morgan fingerprint density at radius 2 is 1.93 bits per heavy atom. The van der Waals surface area contributed by atoms with Crippen molar-refractivity contribution in [2.24, 2.45) is 10.9 Å². The molecule has 1 aliphatic rings. The summed E-state index contributed by atoms with van der Waals surface area (Å²) >= 11 is 0. The summed E-state index contributed by atoms with van der Waals surface area (Å²) in [5.41, 5.74) is 1.30. The van der Waals surface area contributed by atoms with Crippen LogP contribution in [0.5, 0.6) is 0 Å². The summed E-state index contributed by atoms with van der Waals surface area (Å²) in [5.74, 6) is -0.0100. The highest BCUT2D eigenvalue weighted by atomic mass is 32.2. The average Bonchev–Trinajstić information content (AvgIpc) is 2.61. The Hall–Kier alpha value is -3.07. The van der Waals surface area contributed by atoms with Gasteiger partial charge in [0.05, 0.1) is 16.2 Å². The van der Waals surface area contributed by atoms with Gasteiger partial charge in [0.2, 0.25) is 5.95 Å². The lowest BCUT2D eigenvalue weighted by atomic mass is 9.89. The highest BCUT2D eigenvalue weighted by Gasteiger charge is 2.23. The highest BCUT2D eigenvalue weighted by molar-refractivity contribution is 7.92. The van der Waals surface area contributed by atoms with E-state index in [0.717, 1.165) is 0 Å². The lowest BCUT2D eigenvalue weighted by Gasteiger charge is -2.17. The zero-order chi connectivity index (χ0) is 20.3. The molecule has 0 aliphatic heterocycles. The first-order valence-electron chi connectivity index (χ1n) is 8.66. The van der Waals surface area contributed by atoms with Gasteiger partial charge < -0.3 is 5.11 Å². The Morgan fingerprint density at radius 1 is 1.21 bits per heavy atom. The van der Waals surface area contributed by atoms with E-state index in [1.54, 1.807) is 13.0 Å². The van der Waals surface area contributed by atoms with Crippen LogP contribution in [0, 0.1) is 12.8 Å². The number of ketones is 1. The number of aryl methyl sites for hydroxylation is 1. The Kier molecular flexibility index (Phi) is 5.55. The van der Waals surface area contributed by atoms with Gasteiger partial charge >= 0.3 is 0 Å². The monoisotopic (exact) mass is 400 g/mol. The predicted octanol–water partition coefficient (Wildman–Crippen LogP) is 3.10. The molecule has 0 saturated heterocycles. The molecule has 0 saturated carbocycles. The van der Waals surface area contributed by atoms with Gasteiger partial charge in [0.1, 0.15) is 5.76 Å². The molecule has 1 atom stereocenters. The number of sulfonamides is 1. The molecule has 1 heterocycles. The van der Waals surface area contributed by atoms with Crippen LogP contribution < -0.4 is 4.72 Å². The van der Waals surface area contributed by atoms with Crippen molar-refractivity contribution in [1.29, 1.82) is 0 Å². The summed E-state index contributed by atoms with van der Waals surface area (Å²) < 4.78 is 27.2. The Morgan fingerprint density at radius 3 is 2.57 bits per heavy atom. The molecule has 1 aromatic heterocycles. The third-order valence-electron chi connectivity index (χ3n) is 4.20. The van der Waals surface area contributed by atoms with E-state index in [1.807, 2.05) is 6.92 Å². The third-order valence-corrected chi connectivity index (χ3v) is 5.54. The molecule has 0 amide bonds. The van der Waals surface area contributed by atoms with Crippen LogP contribution in [0.4, 0.5) is 11.6 Å². The second kappa shape index (κ2) is 7.89. The van der Waals surface area contributed by atoms with E-state index < -0.39 is 10.0 Å². The van der Waals surface area contributed by atoms with Crippen LogP contribution in [0.15, 0.2) is 57.7 Å². The summed E-state index contributed by atoms with van der Waals surface area (Å²) in [5, 5.41) is 9.97. The maximum Gasteiger partial charge on any atom is 0.264 e. The van der Waals surface area contributed by atoms with Crippen LogP contribution in [0.3, 0.4) is 0 Å². The first-order chi connectivity index (χ1) is 13.2. The summed E-state index contributed by atoms with van der Waals surface area (Å²) in [7, 11) is -3.84. The lowest BCUT2D eigenvalue weighted by Crippen LogP contribution is -2.18. The zero-order valence-electron chi connectivity index (χ0n) is 15.5. The molecule has 1 aliphatic carbocycles. The number of nitrogens with zero attached hydrogens (tertiary/aromatic N) is 3. The van der Waals surface area contributed by atoms with Crippen molar-refractivity contribution in [2.45, 2.75) is 31.6 Å². The smallest absolute Gasteiger partial charge is 0.264 e. The molecule has 1 aromatic carbocycles. The predicted molar refractivity (Wildman–Crippen MR) is 105 cm³/mol. The van der Waals surface area contributed by atoms with E-state index >= 15 is 0 Å². The number of carbonyl (C=O) groups is 1. The molecule has 146 valence electrons. The number of aliphatic imine (C=N–C) groups is 1. The van der Waals surface area contributed by atoms with Crippen LogP contribution in [-0.2, 0) is 14.8 Å². The standard InChI is InChI=1S/C19H20N4O4S/c1-12-9-17(24)16(18(25)10-12)11-21-14-3-5-15(6-4-14)28(26,27)23-19-20-8-7-13(2)22-19/h3-8,11-12,24H,9-10H2,1-2H3,(H,20,22,23). The number of rotatable bonds is 5. The largest absolute Gasteiger partial charge is 0.511 e. The fourth-order valence-corrected chi connectivity index (χ4v) is 3.72. The van der Waals surface area contributed by atoms with Gasteiger partial charge in [-0.1, -0.05) is 6.92 Å². The van der Waals surface area contributed by atoms with Crippen LogP contribution in [0.1, 0.15) is 25.5 Å². The molecular weight excluding hydrogens is 380 g/mol. The minimum atomic E-state index is -3.84. The third kappa shape index (κ3) is 4.61. The van der Waals surface area contributed by atoms with Crippen LogP contribution in [0.25, 0.3) is 0 Å². The fourth-order valence-electron chi connectivity index (χ4n) is 2.77. The minimum absolute atomic E-state index is 0.00505. The lowest BCUT2D eigenvalue weighted by molar-refractivity contribution is -0.116. The molecule has 0 spiro atoms. The molecular formula is C19H20N4O4S. The molecule has 8 nitrogen and oxygen atoms in total. The molecule has 0 bridgehead atoms. The Bertz CT molecular complexity index is 1060. The summed E-state index contributed by atoms with van der Waals surface area (Å²) in [6.45, 7) is 3.63. The number of Topliss-reactive ketones (excluding diaryl/α,β-unsaturated/α-hetero) is 1. The van der Waals surface area contributed by atoms with Crippen molar-refractivity contribution in [3.8, 4) is 0 Å². The van der Waals surface area contributed by atoms with Crippen molar-refractivity contribution < 1.29 is 18.3 Å². The first-order valence-corrected chi connectivity index (χ1v) is 10.1. The van der Waals surface area contributed by atoms with Gasteiger partial charge in [0, 0.05) is 30.9 Å². The number of hydrogen-bond donors (Lipinski definition) is 2. The number of allylic oxidation sites excluding steroid dienone is 2. The van der Waals surface area contributed by atoms with Crippen molar-refractivity contribution in [1.82, 2.24) is 9.97 Å². The molecule has 1 unspecified atom stereocenters. The highest BCUT2D eigenvalue weighted by Crippen LogP contribution is 2.25. The van der Waals surface area contributed by atoms with Gasteiger partial charge in [-0.2, -0.15) is 0 Å². The SMILES string of the molecule is Cc1ccnc(NS(=O)(=O)c2ccc(N=CC3=C(O)CC(C)CC3=O)cc2)n1. The molecule has 2 N–H and O–H groups in total. The average molecular weight is 400 g/mol. The number of nitrogens with one attached hydrogen (secondary N) is 1. The zero-order valence-corrected chi connectivity index (χ0v) is 16.3.